The fourth-order valence-corrected chi connectivity index (χ4v) is 4.76. The van der Waals surface area contributed by atoms with E-state index in [1.807, 2.05) is 0 Å². The molecule has 32 heavy (non-hydrogen) atoms. The first-order valence-corrected chi connectivity index (χ1v) is 11.2. The van der Waals surface area contributed by atoms with Crippen molar-refractivity contribution in [2.45, 2.75) is 11.4 Å². The second-order valence-corrected chi connectivity index (χ2v) is 9.04. The molecule has 1 amide bonds. The van der Waals surface area contributed by atoms with Crippen LogP contribution in [0.2, 0.25) is 5.02 Å². The summed E-state index contributed by atoms with van der Waals surface area (Å²) in [6, 6.07) is 15.7. The molecule has 10 heteroatoms. The Morgan fingerprint density at radius 1 is 1.03 bits per heavy atom. The lowest BCUT2D eigenvalue weighted by atomic mass is 10.2. The van der Waals surface area contributed by atoms with Gasteiger partial charge in [-0.25, -0.2) is 17.2 Å². The first-order chi connectivity index (χ1) is 15.2. The van der Waals surface area contributed by atoms with Crippen LogP contribution in [0.25, 0.3) is 0 Å². The van der Waals surface area contributed by atoms with Crippen LogP contribution in [0.3, 0.4) is 0 Å². The van der Waals surface area contributed by atoms with Crippen LogP contribution in [0.5, 0.6) is 5.75 Å². The standard InChI is InChI=1S/C22H19ClF2N2O4S/c1-31-19-11-10-16(23)12-20(19)32(29,30)27(13-15-6-3-2-4-7-15)14-21(28)26-22-17(24)8-5-9-18(22)25/h2-12H,13-14H2,1H3,(H,26,28). The number of ether oxygens (including phenoxy) is 1. The van der Waals surface area contributed by atoms with Crippen molar-refractivity contribution in [3.05, 3.63) is 89.0 Å². The predicted octanol–water partition coefficient (Wildman–Crippen LogP) is 4.46. The molecule has 0 bridgehead atoms. The molecule has 0 radical (unpaired) electrons. The van der Waals surface area contributed by atoms with Gasteiger partial charge in [0.15, 0.2) is 0 Å². The number of rotatable bonds is 8. The molecule has 0 atom stereocenters. The van der Waals surface area contributed by atoms with Gasteiger partial charge in [-0.15, -0.1) is 0 Å². The van der Waals surface area contributed by atoms with E-state index < -0.39 is 39.8 Å². The van der Waals surface area contributed by atoms with Crippen molar-refractivity contribution in [3.63, 3.8) is 0 Å². The van der Waals surface area contributed by atoms with E-state index in [0.29, 0.717) is 5.56 Å². The van der Waals surface area contributed by atoms with E-state index in [4.69, 9.17) is 16.3 Å². The molecule has 0 aliphatic carbocycles. The van der Waals surface area contributed by atoms with E-state index in [1.165, 1.54) is 25.3 Å². The molecule has 0 aromatic heterocycles. The fraction of sp³-hybridized carbons (Fsp3) is 0.136. The van der Waals surface area contributed by atoms with Gasteiger partial charge in [-0.05, 0) is 35.9 Å². The van der Waals surface area contributed by atoms with Crippen LogP contribution in [0.4, 0.5) is 14.5 Å². The molecule has 0 fully saturated rings. The highest BCUT2D eigenvalue weighted by Gasteiger charge is 2.30. The average Bonchev–Trinajstić information content (AvgIpc) is 2.76. The molecule has 0 saturated heterocycles. The van der Waals surface area contributed by atoms with Crippen molar-refractivity contribution < 1.29 is 26.7 Å². The van der Waals surface area contributed by atoms with Crippen molar-refractivity contribution >= 4 is 33.2 Å². The number of hydrogen-bond donors (Lipinski definition) is 1. The predicted molar refractivity (Wildman–Crippen MR) is 117 cm³/mol. The number of carbonyl (C=O) groups excluding carboxylic acids is 1. The minimum Gasteiger partial charge on any atom is -0.495 e. The van der Waals surface area contributed by atoms with E-state index in [9.17, 15) is 22.0 Å². The Morgan fingerprint density at radius 2 is 1.69 bits per heavy atom. The van der Waals surface area contributed by atoms with Gasteiger partial charge in [0.1, 0.15) is 28.0 Å². The third kappa shape index (κ3) is 5.42. The van der Waals surface area contributed by atoms with Crippen molar-refractivity contribution in [3.8, 4) is 5.75 Å². The molecule has 0 aliphatic rings. The number of benzene rings is 3. The maximum absolute atomic E-state index is 13.9. The van der Waals surface area contributed by atoms with Gasteiger partial charge in [0, 0.05) is 11.6 Å². The van der Waals surface area contributed by atoms with Crippen LogP contribution in [-0.4, -0.2) is 32.3 Å². The monoisotopic (exact) mass is 480 g/mol. The molecule has 0 aliphatic heterocycles. The summed E-state index contributed by atoms with van der Waals surface area (Å²) in [5, 5.41) is 2.26. The second-order valence-electron chi connectivity index (χ2n) is 6.70. The molecule has 3 aromatic rings. The number of para-hydroxylation sites is 1. The van der Waals surface area contributed by atoms with E-state index >= 15 is 0 Å². The Labute approximate surface area is 189 Å². The molecule has 3 rings (SSSR count). The number of nitrogens with zero attached hydrogens (tertiary/aromatic N) is 1. The topological polar surface area (TPSA) is 75.7 Å². The van der Waals surface area contributed by atoms with Gasteiger partial charge < -0.3 is 10.1 Å². The van der Waals surface area contributed by atoms with Crippen LogP contribution < -0.4 is 10.1 Å². The maximum atomic E-state index is 13.9. The number of anilines is 1. The summed E-state index contributed by atoms with van der Waals surface area (Å²) in [7, 11) is -2.99. The Kier molecular flexibility index (Phi) is 7.44. The zero-order valence-electron chi connectivity index (χ0n) is 16.9. The Bertz CT molecular complexity index is 1200. The number of methoxy groups -OCH3 is 1. The molecule has 0 unspecified atom stereocenters. The lowest BCUT2D eigenvalue weighted by Gasteiger charge is -2.23. The zero-order valence-corrected chi connectivity index (χ0v) is 18.5. The third-order valence-corrected chi connectivity index (χ3v) is 6.54. The molecule has 0 spiro atoms. The summed E-state index contributed by atoms with van der Waals surface area (Å²) in [6.45, 7) is -0.882. The Balaban J connectivity index is 1.97. The highest BCUT2D eigenvalue weighted by Crippen LogP contribution is 2.30. The minimum absolute atomic E-state index is 0.0352. The number of halogens is 3. The lowest BCUT2D eigenvalue weighted by molar-refractivity contribution is -0.116. The third-order valence-electron chi connectivity index (χ3n) is 4.49. The summed E-state index contributed by atoms with van der Waals surface area (Å²) >= 11 is 5.99. The van der Waals surface area contributed by atoms with Crippen LogP contribution in [0.15, 0.2) is 71.6 Å². The quantitative estimate of drug-likeness (QED) is 0.516. The van der Waals surface area contributed by atoms with Crippen LogP contribution >= 0.6 is 11.6 Å². The Hall–Kier alpha value is -3.01. The van der Waals surface area contributed by atoms with Gasteiger partial charge >= 0.3 is 0 Å². The number of carbonyl (C=O) groups is 1. The SMILES string of the molecule is COc1ccc(Cl)cc1S(=O)(=O)N(CC(=O)Nc1c(F)cccc1F)Cc1ccccc1. The van der Waals surface area contributed by atoms with Crippen LogP contribution in [-0.2, 0) is 21.4 Å². The van der Waals surface area contributed by atoms with Crippen molar-refractivity contribution in [2.24, 2.45) is 0 Å². The van der Waals surface area contributed by atoms with Gasteiger partial charge in [0.2, 0.25) is 15.9 Å². The van der Waals surface area contributed by atoms with Gasteiger partial charge in [0.25, 0.3) is 0 Å². The summed E-state index contributed by atoms with van der Waals surface area (Å²) in [6.07, 6.45) is 0. The van der Waals surface area contributed by atoms with Crippen molar-refractivity contribution in [2.75, 3.05) is 19.0 Å². The minimum atomic E-state index is -4.30. The summed E-state index contributed by atoms with van der Waals surface area (Å²) < 4.78 is 60.8. The van der Waals surface area contributed by atoms with E-state index in [2.05, 4.69) is 5.32 Å². The second kappa shape index (κ2) is 10.1. The number of amides is 1. The average molecular weight is 481 g/mol. The first-order valence-electron chi connectivity index (χ1n) is 9.34. The molecule has 6 nitrogen and oxygen atoms in total. The first kappa shape index (κ1) is 23.6. The fourth-order valence-electron chi connectivity index (χ4n) is 2.96. The zero-order chi connectivity index (χ0) is 23.3. The number of sulfonamides is 1. The normalized spacial score (nSPS) is 11.4. The van der Waals surface area contributed by atoms with Crippen LogP contribution in [0, 0.1) is 11.6 Å². The summed E-state index contributed by atoms with van der Waals surface area (Å²) in [5.74, 6) is -2.85. The van der Waals surface area contributed by atoms with Gasteiger partial charge in [-0.3, -0.25) is 4.79 Å². The largest absolute Gasteiger partial charge is 0.495 e. The molecular weight excluding hydrogens is 462 g/mol. The maximum Gasteiger partial charge on any atom is 0.247 e. The van der Waals surface area contributed by atoms with E-state index in [0.717, 1.165) is 22.5 Å². The molecule has 0 saturated carbocycles. The number of nitrogens with one attached hydrogen (secondary N) is 1. The smallest absolute Gasteiger partial charge is 0.247 e. The highest BCUT2D eigenvalue weighted by molar-refractivity contribution is 7.89. The molecule has 3 aromatic carbocycles. The number of hydrogen-bond acceptors (Lipinski definition) is 4. The van der Waals surface area contributed by atoms with Gasteiger partial charge in [-0.1, -0.05) is 48.0 Å². The van der Waals surface area contributed by atoms with Gasteiger partial charge in [-0.2, -0.15) is 4.31 Å². The van der Waals surface area contributed by atoms with Crippen molar-refractivity contribution in [1.29, 1.82) is 0 Å². The molecule has 1 N–H and O–H groups in total. The Morgan fingerprint density at radius 3 is 2.31 bits per heavy atom. The van der Waals surface area contributed by atoms with E-state index in [1.54, 1.807) is 30.3 Å². The van der Waals surface area contributed by atoms with Gasteiger partial charge in [0.05, 0.1) is 13.7 Å². The molecular formula is C22H19ClF2N2O4S. The lowest BCUT2D eigenvalue weighted by Crippen LogP contribution is -2.38. The molecule has 0 heterocycles. The van der Waals surface area contributed by atoms with E-state index in [-0.39, 0.29) is 22.2 Å². The summed E-state index contributed by atoms with van der Waals surface area (Å²) in [4.78, 5) is 12.4. The van der Waals surface area contributed by atoms with Crippen molar-refractivity contribution in [1.82, 2.24) is 4.31 Å². The van der Waals surface area contributed by atoms with Crippen LogP contribution in [0.1, 0.15) is 5.56 Å². The highest BCUT2D eigenvalue weighted by atomic mass is 35.5. The molecule has 168 valence electrons. The summed E-state index contributed by atoms with van der Waals surface area (Å²) in [5.41, 5.74) is -0.0585.